The van der Waals surface area contributed by atoms with Gasteiger partial charge in [-0.1, -0.05) is 18.2 Å². The Morgan fingerprint density at radius 3 is 2.76 bits per heavy atom. The predicted molar refractivity (Wildman–Crippen MR) is 69.8 cm³/mol. The van der Waals surface area contributed by atoms with E-state index in [0.717, 1.165) is 0 Å². The number of hydrogen-bond acceptors (Lipinski definition) is 5. The normalized spacial score (nSPS) is 26.0. The van der Waals surface area contributed by atoms with Gasteiger partial charge in [-0.05, 0) is 12.1 Å². The van der Waals surface area contributed by atoms with E-state index >= 15 is 0 Å². The van der Waals surface area contributed by atoms with Gasteiger partial charge in [0.05, 0.1) is 5.56 Å². The Labute approximate surface area is 121 Å². The molecule has 6 heteroatoms. The van der Waals surface area contributed by atoms with Crippen LogP contribution >= 0.6 is 0 Å². The predicted octanol–water partition coefficient (Wildman–Crippen LogP) is 2.53. The molecular weight excluding hydrogens is 279 g/mol. The van der Waals surface area contributed by atoms with Crippen molar-refractivity contribution in [2.45, 2.75) is 32.1 Å². The maximum Gasteiger partial charge on any atom is 0.338 e. The Bertz CT molecular complexity index is 581. The fraction of sp³-hybridized carbons (Fsp3) is 0.400. The second-order valence-corrected chi connectivity index (χ2v) is 5.24. The summed E-state index contributed by atoms with van der Waals surface area (Å²) in [7, 11) is 0. The summed E-state index contributed by atoms with van der Waals surface area (Å²) in [4.78, 5) is 11.8. The Kier molecular flexibility index (Phi) is 3.33. The molecule has 1 fully saturated rings. The van der Waals surface area contributed by atoms with Crippen LogP contribution in [0.4, 0.5) is 4.39 Å². The summed E-state index contributed by atoms with van der Waals surface area (Å²) in [6.45, 7) is 3.16. The molecule has 112 valence electrons. The standard InChI is InChI=1S/C15H15FO5/c1-15(2)20-11-10(19-13(16)12(11)21-15)8-18-14(17)9-6-4-3-5-7-9/h3-7,12-13H,8H2,1-2H3/t12?,13-/m1/s1. The van der Waals surface area contributed by atoms with E-state index in [-0.39, 0.29) is 18.1 Å². The lowest BCUT2D eigenvalue weighted by Crippen LogP contribution is -2.26. The Morgan fingerprint density at radius 1 is 1.33 bits per heavy atom. The monoisotopic (exact) mass is 294 g/mol. The molecule has 3 rings (SSSR count). The molecule has 2 heterocycles. The molecule has 1 aromatic rings. The van der Waals surface area contributed by atoms with Gasteiger partial charge < -0.3 is 18.9 Å². The van der Waals surface area contributed by atoms with Crippen LogP contribution < -0.4 is 0 Å². The summed E-state index contributed by atoms with van der Waals surface area (Å²) in [6.07, 6.45) is -2.54. The van der Waals surface area contributed by atoms with E-state index in [9.17, 15) is 9.18 Å². The highest BCUT2D eigenvalue weighted by atomic mass is 19.1. The van der Waals surface area contributed by atoms with Crippen LogP contribution in [0.1, 0.15) is 24.2 Å². The molecule has 1 unspecified atom stereocenters. The highest BCUT2D eigenvalue weighted by molar-refractivity contribution is 5.89. The molecule has 2 atom stereocenters. The third-order valence-corrected chi connectivity index (χ3v) is 3.14. The lowest BCUT2D eigenvalue weighted by atomic mass is 10.2. The molecule has 0 aromatic heterocycles. The number of rotatable bonds is 3. The first-order valence-corrected chi connectivity index (χ1v) is 6.59. The van der Waals surface area contributed by atoms with Crippen molar-refractivity contribution in [1.82, 2.24) is 0 Å². The average Bonchev–Trinajstić information content (AvgIpc) is 2.92. The molecule has 0 bridgehead atoms. The Hall–Kier alpha value is -2.08. The largest absolute Gasteiger partial charge is 0.461 e. The number of carbonyl (C=O) groups is 1. The maximum absolute atomic E-state index is 13.7. The van der Waals surface area contributed by atoms with Crippen LogP contribution in [0.2, 0.25) is 0 Å². The van der Waals surface area contributed by atoms with Gasteiger partial charge in [-0.15, -0.1) is 0 Å². The van der Waals surface area contributed by atoms with Crippen LogP contribution in [0.15, 0.2) is 41.9 Å². The van der Waals surface area contributed by atoms with Gasteiger partial charge in [-0.25, -0.2) is 4.79 Å². The third-order valence-electron chi connectivity index (χ3n) is 3.14. The summed E-state index contributed by atoms with van der Waals surface area (Å²) in [5, 5.41) is 0. The second kappa shape index (κ2) is 5.04. The Morgan fingerprint density at radius 2 is 2.05 bits per heavy atom. The van der Waals surface area contributed by atoms with E-state index in [0.29, 0.717) is 5.56 Å². The molecule has 0 radical (unpaired) electrons. The molecule has 0 amide bonds. The summed E-state index contributed by atoms with van der Waals surface area (Å²) in [5.41, 5.74) is 0.415. The van der Waals surface area contributed by atoms with Crippen molar-refractivity contribution >= 4 is 5.97 Å². The number of ether oxygens (including phenoxy) is 4. The number of carbonyl (C=O) groups excluding carboxylic acids is 1. The fourth-order valence-electron chi connectivity index (χ4n) is 2.24. The molecule has 1 saturated heterocycles. The molecular formula is C15H15FO5. The molecule has 1 aromatic carbocycles. The average molecular weight is 294 g/mol. The van der Waals surface area contributed by atoms with Crippen LogP contribution in [-0.2, 0) is 18.9 Å². The molecule has 0 aliphatic carbocycles. The number of esters is 1. The van der Waals surface area contributed by atoms with Crippen LogP contribution in [0.5, 0.6) is 0 Å². The summed E-state index contributed by atoms with van der Waals surface area (Å²) >= 11 is 0. The zero-order chi connectivity index (χ0) is 15.0. The van der Waals surface area contributed by atoms with Crippen LogP contribution in [0, 0.1) is 0 Å². The number of benzene rings is 1. The quantitative estimate of drug-likeness (QED) is 0.802. The van der Waals surface area contributed by atoms with E-state index < -0.39 is 24.2 Å². The molecule has 0 spiro atoms. The van der Waals surface area contributed by atoms with Gasteiger partial charge in [-0.2, -0.15) is 4.39 Å². The first-order chi connectivity index (χ1) is 9.96. The minimum atomic E-state index is -1.65. The van der Waals surface area contributed by atoms with E-state index in [1.54, 1.807) is 44.2 Å². The van der Waals surface area contributed by atoms with Gasteiger partial charge in [0.1, 0.15) is 0 Å². The lowest BCUT2D eigenvalue weighted by molar-refractivity contribution is -0.174. The Balaban J connectivity index is 1.68. The van der Waals surface area contributed by atoms with Crippen molar-refractivity contribution < 1.29 is 28.1 Å². The maximum atomic E-state index is 13.7. The molecule has 0 N–H and O–H groups in total. The van der Waals surface area contributed by atoms with Gasteiger partial charge in [0.2, 0.25) is 5.79 Å². The minimum Gasteiger partial charge on any atom is -0.461 e. The van der Waals surface area contributed by atoms with Gasteiger partial charge in [0.25, 0.3) is 6.36 Å². The van der Waals surface area contributed by atoms with E-state index in [2.05, 4.69) is 0 Å². The highest BCUT2D eigenvalue weighted by Gasteiger charge is 2.50. The summed E-state index contributed by atoms with van der Waals surface area (Å²) in [5.74, 6) is -1.01. The van der Waals surface area contributed by atoms with Gasteiger partial charge >= 0.3 is 5.97 Å². The van der Waals surface area contributed by atoms with Crippen molar-refractivity contribution in [2.24, 2.45) is 0 Å². The highest BCUT2D eigenvalue weighted by Crippen LogP contribution is 2.41. The number of hydrogen-bond donors (Lipinski definition) is 0. The molecule has 5 nitrogen and oxygen atoms in total. The zero-order valence-corrected chi connectivity index (χ0v) is 11.7. The van der Waals surface area contributed by atoms with Crippen LogP contribution in [-0.4, -0.2) is 30.8 Å². The molecule has 21 heavy (non-hydrogen) atoms. The molecule has 2 aliphatic rings. The first kappa shape index (κ1) is 13.9. The van der Waals surface area contributed by atoms with Gasteiger partial charge in [0.15, 0.2) is 24.2 Å². The zero-order valence-electron chi connectivity index (χ0n) is 11.7. The van der Waals surface area contributed by atoms with E-state index in [4.69, 9.17) is 18.9 Å². The first-order valence-electron chi connectivity index (χ1n) is 6.59. The lowest BCUT2D eigenvalue weighted by Gasteiger charge is -2.19. The topological polar surface area (TPSA) is 54.0 Å². The molecule has 2 aliphatic heterocycles. The van der Waals surface area contributed by atoms with Gasteiger partial charge in [0, 0.05) is 13.8 Å². The fourth-order valence-corrected chi connectivity index (χ4v) is 2.24. The third kappa shape index (κ3) is 2.71. The SMILES string of the molecule is CC1(C)OC2=C(COC(=O)c3ccccc3)O[C@@H](F)C2O1. The number of halogens is 1. The summed E-state index contributed by atoms with van der Waals surface area (Å²) < 4.78 is 34.7. The number of fused-ring (bicyclic) bond motifs is 1. The van der Waals surface area contributed by atoms with Crippen molar-refractivity contribution in [3.8, 4) is 0 Å². The smallest absolute Gasteiger partial charge is 0.338 e. The number of alkyl halides is 1. The van der Waals surface area contributed by atoms with Crippen LogP contribution in [0.25, 0.3) is 0 Å². The van der Waals surface area contributed by atoms with Crippen molar-refractivity contribution in [1.29, 1.82) is 0 Å². The van der Waals surface area contributed by atoms with Crippen LogP contribution in [0.3, 0.4) is 0 Å². The van der Waals surface area contributed by atoms with Gasteiger partial charge in [-0.3, -0.25) is 0 Å². The van der Waals surface area contributed by atoms with Crippen molar-refractivity contribution in [3.05, 3.63) is 47.4 Å². The minimum absolute atomic E-state index is 0.155. The second-order valence-electron chi connectivity index (χ2n) is 5.24. The molecule has 0 saturated carbocycles. The van der Waals surface area contributed by atoms with Crippen molar-refractivity contribution in [3.63, 3.8) is 0 Å². The van der Waals surface area contributed by atoms with E-state index in [1.165, 1.54) is 0 Å². The summed E-state index contributed by atoms with van der Waals surface area (Å²) in [6, 6.07) is 8.53. The van der Waals surface area contributed by atoms with E-state index in [1.807, 2.05) is 0 Å². The van der Waals surface area contributed by atoms with Crippen molar-refractivity contribution in [2.75, 3.05) is 6.61 Å².